The number of aryl methyl sites for hydroxylation is 1. The van der Waals surface area contributed by atoms with Gasteiger partial charge in [0.2, 0.25) is 0 Å². The van der Waals surface area contributed by atoms with Crippen molar-refractivity contribution in [1.82, 2.24) is 14.3 Å². The first-order valence-corrected chi connectivity index (χ1v) is 8.10. The Bertz CT molecular complexity index is 1060. The number of hydrogen-bond acceptors (Lipinski definition) is 2. The smallest absolute Gasteiger partial charge is 0.259 e. The number of carbonyl (C=O) groups is 1. The maximum Gasteiger partial charge on any atom is 0.259 e. The molecule has 5 nitrogen and oxygen atoms in total. The number of hydrogen-bond donors (Lipinski definition) is 1. The number of rotatable bonds is 3. The van der Waals surface area contributed by atoms with Crippen molar-refractivity contribution in [2.75, 3.05) is 5.32 Å². The van der Waals surface area contributed by atoms with E-state index in [2.05, 4.69) is 10.4 Å². The standard InChI is InChI=1S/C20H18N4O/c1-14-17(13-21-24(14)15-7-4-3-5-8-15)20(25)22-18-9-6-10-19-16(18)11-12-23(19)2/h3-13H,1-2H3,(H,22,25). The lowest BCUT2D eigenvalue weighted by atomic mass is 10.2. The summed E-state index contributed by atoms with van der Waals surface area (Å²) >= 11 is 0. The summed E-state index contributed by atoms with van der Waals surface area (Å²) in [6.07, 6.45) is 3.60. The normalized spacial score (nSPS) is 11.0. The second kappa shape index (κ2) is 5.94. The summed E-state index contributed by atoms with van der Waals surface area (Å²) in [4.78, 5) is 12.8. The number of para-hydroxylation sites is 1. The van der Waals surface area contributed by atoms with Crippen LogP contribution in [0.5, 0.6) is 0 Å². The summed E-state index contributed by atoms with van der Waals surface area (Å²) in [5.74, 6) is -0.156. The molecular weight excluding hydrogens is 312 g/mol. The van der Waals surface area contributed by atoms with Gasteiger partial charge in [-0.25, -0.2) is 4.68 Å². The van der Waals surface area contributed by atoms with Gasteiger partial charge in [0.15, 0.2) is 0 Å². The van der Waals surface area contributed by atoms with Crippen LogP contribution >= 0.6 is 0 Å². The van der Waals surface area contributed by atoms with Gasteiger partial charge in [-0.05, 0) is 37.3 Å². The number of fused-ring (bicyclic) bond motifs is 1. The summed E-state index contributed by atoms with van der Waals surface area (Å²) in [7, 11) is 1.99. The topological polar surface area (TPSA) is 51.9 Å². The van der Waals surface area contributed by atoms with E-state index in [1.807, 2.05) is 79.3 Å². The number of nitrogens with zero attached hydrogens (tertiary/aromatic N) is 3. The van der Waals surface area contributed by atoms with Gasteiger partial charge in [0.25, 0.3) is 5.91 Å². The summed E-state index contributed by atoms with van der Waals surface area (Å²) in [5, 5.41) is 8.40. The summed E-state index contributed by atoms with van der Waals surface area (Å²) in [6.45, 7) is 1.90. The molecule has 2 aromatic carbocycles. The lowest BCUT2D eigenvalue weighted by Crippen LogP contribution is -2.13. The van der Waals surface area contributed by atoms with Crippen LogP contribution in [0.25, 0.3) is 16.6 Å². The molecule has 25 heavy (non-hydrogen) atoms. The summed E-state index contributed by atoms with van der Waals surface area (Å²) in [6, 6.07) is 17.7. The second-order valence-corrected chi connectivity index (χ2v) is 6.01. The van der Waals surface area contributed by atoms with Crippen molar-refractivity contribution in [3.63, 3.8) is 0 Å². The van der Waals surface area contributed by atoms with E-state index in [9.17, 15) is 4.79 Å². The maximum atomic E-state index is 12.8. The zero-order chi connectivity index (χ0) is 17.4. The van der Waals surface area contributed by atoms with E-state index in [1.165, 1.54) is 0 Å². The van der Waals surface area contributed by atoms with Crippen LogP contribution in [-0.4, -0.2) is 20.3 Å². The van der Waals surface area contributed by atoms with Crippen LogP contribution in [0.15, 0.2) is 67.0 Å². The summed E-state index contributed by atoms with van der Waals surface area (Å²) in [5.41, 5.74) is 4.19. The number of nitrogens with one attached hydrogen (secondary N) is 1. The minimum atomic E-state index is -0.156. The fourth-order valence-corrected chi connectivity index (χ4v) is 3.06. The highest BCUT2D eigenvalue weighted by Crippen LogP contribution is 2.25. The van der Waals surface area contributed by atoms with Gasteiger partial charge in [-0.1, -0.05) is 24.3 Å². The van der Waals surface area contributed by atoms with Gasteiger partial charge in [-0.3, -0.25) is 4.79 Å². The van der Waals surface area contributed by atoms with E-state index in [4.69, 9.17) is 0 Å². The number of anilines is 1. The lowest BCUT2D eigenvalue weighted by Gasteiger charge is -2.08. The highest BCUT2D eigenvalue weighted by Gasteiger charge is 2.16. The van der Waals surface area contributed by atoms with Crippen LogP contribution < -0.4 is 5.32 Å². The zero-order valence-corrected chi connectivity index (χ0v) is 14.1. The van der Waals surface area contributed by atoms with Gasteiger partial charge in [-0.15, -0.1) is 0 Å². The van der Waals surface area contributed by atoms with Gasteiger partial charge < -0.3 is 9.88 Å². The van der Waals surface area contributed by atoms with E-state index < -0.39 is 0 Å². The van der Waals surface area contributed by atoms with Crippen LogP contribution in [0.1, 0.15) is 16.1 Å². The Morgan fingerprint density at radius 1 is 1.04 bits per heavy atom. The molecule has 2 heterocycles. The van der Waals surface area contributed by atoms with E-state index >= 15 is 0 Å². The number of benzene rings is 2. The van der Waals surface area contributed by atoms with Crippen LogP contribution in [0.4, 0.5) is 5.69 Å². The largest absolute Gasteiger partial charge is 0.350 e. The second-order valence-electron chi connectivity index (χ2n) is 6.01. The molecule has 4 aromatic rings. The molecule has 0 radical (unpaired) electrons. The van der Waals surface area contributed by atoms with Crippen LogP contribution in [0, 0.1) is 6.92 Å². The Balaban J connectivity index is 1.67. The molecule has 0 aliphatic carbocycles. The van der Waals surface area contributed by atoms with Crippen molar-refractivity contribution in [3.05, 3.63) is 78.2 Å². The van der Waals surface area contributed by atoms with Gasteiger partial charge in [0, 0.05) is 24.1 Å². The minimum Gasteiger partial charge on any atom is -0.350 e. The number of amides is 1. The van der Waals surface area contributed by atoms with Crippen LogP contribution in [-0.2, 0) is 7.05 Å². The average molecular weight is 330 g/mol. The van der Waals surface area contributed by atoms with Gasteiger partial charge in [0.05, 0.1) is 28.8 Å². The highest BCUT2D eigenvalue weighted by molar-refractivity contribution is 6.09. The molecule has 0 atom stereocenters. The van der Waals surface area contributed by atoms with Crippen LogP contribution in [0.2, 0.25) is 0 Å². The molecule has 0 unspecified atom stereocenters. The predicted molar refractivity (Wildman–Crippen MR) is 99.2 cm³/mol. The first-order valence-electron chi connectivity index (χ1n) is 8.10. The molecule has 0 aliphatic heterocycles. The van der Waals surface area contributed by atoms with Crippen LogP contribution in [0.3, 0.4) is 0 Å². The number of carbonyl (C=O) groups excluding carboxylic acids is 1. The predicted octanol–water partition coefficient (Wildman–Crippen LogP) is 3.92. The average Bonchev–Trinajstić information content (AvgIpc) is 3.20. The van der Waals surface area contributed by atoms with Gasteiger partial charge in [-0.2, -0.15) is 5.10 Å². The molecule has 5 heteroatoms. The van der Waals surface area contributed by atoms with Crippen molar-refractivity contribution in [1.29, 1.82) is 0 Å². The Labute approximate surface area is 145 Å². The maximum absolute atomic E-state index is 12.8. The zero-order valence-electron chi connectivity index (χ0n) is 14.1. The Morgan fingerprint density at radius 3 is 2.64 bits per heavy atom. The van der Waals surface area contributed by atoms with Crippen molar-refractivity contribution in [2.45, 2.75) is 6.92 Å². The molecule has 1 amide bonds. The first kappa shape index (κ1) is 15.2. The molecule has 0 spiro atoms. The van der Waals surface area contributed by atoms with E-state index in [0.29, 0.717) is 5.56 Å². The van der Waals surface area contributed by atoms with E-state index in [0.717, 1.165) is 28.0 Å². The molecule has 2 aromatic heterocycles. The molecule has 0 fully saturated rings. The third kappa shape index (κ3) is 2.59. The Hall–Kier alpha value is -3.34. The molecule has 124 valence electrons. The Morgan fingerprint density at radius 2 is 1.84 bits per heavy atom. The summed E-state index contributed by atoms with van der Waals surface area (Å²) < 4.78 is 3.81. The SMILES string of the molecule is Cc1c(C(=O)Nc2cccc3c2ccn3C)cnn1-c1ccccc1. The van der Waals surface area contributed by atoms with Crippen molar-refractivity contribution >= 4 is 22.5 Å². The Kier molecular flexibility index (Phi) is 3.61. The van der Waals surface area contributed by atoms with E-state index in [1.54, 1.807) is 10.9 Å². The molecule has 0 saturated heterocycles. The number of aromatic nitrogens is 3. The van der Waals surface area contributed by atoms with Crippen molar-refractivity contribution in [2.24, 2.45) is 7.05 Å². The molecule has 4 rings (SSSR count). The van der Waals surface area contributed by atoms with Crippen molar-refractivity contribution < 1.29 is 4.79 Å². The van der Waals surface area contributed by atoms with Gasteiger partial charge >= 0.3 is 0 Å². The monoisotopic (exact) mass is 330 g/mol. The lowest BCUT2D eigenvalue weighted by molar-refractivity contribution is 0.102. The van der Waals surface area contributed by atoms with Crippen molar-refractivity contribution in [3.8, 4) is 5.69 Å². The molecule has 1 N–H and O–H groups in total. The molecule has 0 aliphatic rings. The third-order valence-corrected chi connectivity index (χ3v) is 4.43. The van der Waals surface area contributed by atoms with E-state index in [-0.39, 0.29) is 5.91 Å². The molecule has 0 bridgehead atoms. The van der Waals surface area contributed by atoms with Gasteiger partial charge in [0.1, 0.15) is 0 Å². The fraction of sp³-hybridized carbons (Fsp3) is 0.100. The first-order chi connectivity index (χ1) is 12.1. The minimum absolute atomic E-state index is 0.156. The highest BCUT2D eigenvalue weighted by atomic mass is 16.1. The molecule has 0 saturated carbocycles. The molecular formula is C20H18N4O. The fourth-order valence-electron chi connectivity index (χ4n) is 3.06. The quantitative estimate of drug-likeness (QED) is 0.619. The third-order valence-electron chi connectivity index (χ3n) is 4.43.